The molecule has 0 spiro atoms. The minimum absolute atomic E-state index is 0.00232. The molecule has 0 radical (unpaired) electrons. The number of sulfonamides is 1. The molecule has 11 heteroatoms. The van der Waals surface area contributed by atoms with Crippen molar-refractivity contribution in [2.75, 3.05) is 5.32 Å². The number of aromatic hydroxyl groups is 1. The van der Waals surface area contributed by atoms with Gasteiger partial charge in [0.1, 0.15) is 0 Å². The zero-order valence-electron chi connectivity index (χ0n) is 14.6. The summed E-state index contributed by atoms with van der Waals surface area (Å²) in [4.78, 5) is -0.00232. The number of nitrogens with zero attached hydrogens (tertiary/aromatic N) is 3. The Balaban J connectivity index is 1.85. The van der Waals surface area contributed by atoms with Gasteiger partial charge in [-0.25, -0.2) is 13.6 Å². The van der Waals surface area contributed by atoms with Crippen molar-refractivity contribution < 1.29 is 13.5 Å². The van der Waals surface area contributed by atoms with Crippen molar-refractivity contribution in [3.8, 4) is 5.88 Å². The molecule has 0 aliphatic heterocycles. The van der Waals surface area contributed by atoms with E-state index in [0.29, 0.717) is 17.9 Å². The minimum Gasteiger partial charge on any atom is -0.493 e. The number of nitrogens with one attached hydrogen (secondary N) is 1. The molecule has 1 aromatic heterocycles. The monoisotopic (exact) mass is 529 g/mol. The van der Waals surface area contributed by atoms with E-state index in [0.717, 1.165) is 14.5 Å². The van der Waals surface area contributed by atoms with E-state index in [1.807, 2.05) is 25.1 Å². The second-order valence-electron chi connectivity index (χ2n) is 5.78. The van der Waals surface area contributed by atoms with Crippen molar-refractivity contribution in [2.45, 2.75) is 18.4 Å². The zero-order chi connectivity index (χ0) is 20.5. The highest BCUT2D eigenvalue weighted by molar-refractivity contribution is 14.1. The number of thiocarbonyl (C=S) groups is 1. The molecule has 0 unspecified atom stereocenters. The van der Waals surface area contributed by atoms with Crippen LogP contribution in [-0.4, -0.2) is 23.2 Å². The van der Waals surface area contributed by atoms with Gasteiger partial charge in [-0.2, -0.15) is 0 Å². The Hall–Kier alpha value is -2.09. The molecule has 1 heterocycles. The van der Waals surface area contributed by atoms with Crippen LogP contribution in [0.2, 0.25) is 0 Å². The minimum atomic E-state index is -3.76. The van der Waals surface area contributed by atoms with Gasteiger partial charge >= 0.3 is 0 Å². The van der Waals surface area contributed by atoms with Crippen LogP contribution < -0.4 is 10.5 Å². The van der Waals surface area contributed by atoms with Crippen LogP contribution >= 0.6 is 34.8 Å². The largest absolute Gasteiger partial charge is 0.493 e. The van der Waals surface area contributed by atoms with Gasteiger partial charge in [-0.15, -0.1) is 10.2 Å². The van der Waals surface area contributed by atoms with Crippen molar-refractivity contribution >= 4 is 72.2 Å². The zero-order valence-corrected chi connectivity index (χ0v) is 18.4. The predicted molar refractivity (Wildman–Crippen MR) is 121 cm³/mol. The van der Waals surface area contributed by atoms with Crippen LogP contribution in [0.25, 0.3) is 10.9 Å². The van der Waals surface area contributed by atoms with Crippen molar-refractivity contribution in [1.29, 1.82) is 0 Å². The Morgan fingerprint density at radius 3 is 2.57 bits per heavy atom. The maximum absolute atomic E-state index is 11.3. The van der Waals surface area contributed by atoms with Crippen molar-refractivity contribution in [3.63, 3.8) is 0 Å². The second-order valence-corrected chi connectivity index (χ2v) is 8.97. The molecule has 8 nitrogen and oxygen atoms in total. The summed E-state index contributed by atoms with van der Waals surface area (Å²) < 4.78 is 25.3. The van der Waals surface area contributed by atoms with Gasteiger partial charge in [-0.1, -0.05) is 0 Å². The summed E-state index contributed by atoms with van der Waals surface area (Å²) in [6, 6.07) is 11.5. The number of hydrogen-bond acceptors (Lipinski definition) is 5. The smallest absolute Gasteiger partial charge is 0.238 e. The van der Waals surface area contributed by atoms with Gasteiger partial charge in [-0.3, -0.25) is 0 Å². The van der Waals surface area contributed by atoms with Gasteiger partial charge in [0.25, 0.3) is 0 Å². The number of rotatable bonds is 4. The van der Waals surface area contributed by atoms with E-state index in [1.165, 1.54) is 24.3 Å². The molecule has 146 valence electrons. The molecule has 3 rings (SSSR count). The molecule has 0 saturated carbocycles. The van der Waals surface area contributed by atoms with Gasteiger partial charge in [0.05, 0.1) is 10.4 Å². The van der Waals surface area contributed by atoms with Crippen LogP contribution in [0, 0.1) is 3.57 Å². The predicted octanol–water partition coefficient (Wildman–Crippen LogP) is 4.10. The Morgan fingerprint density at radius 1 is 1.29 bits per heavy atom. The molecule has 0 saturated heterocycles. The van der Waals surface area contributed by atoms with Crippen LogP contribution in [0.5, 0.6) is 5.88 Å². The molecule has 0 atom stereocenters. The third kappa shape index (κ3) is 4.32. The quantitative estimate of drug-likeness (QED) is 0.267. The normalized spacial score (nSPS) is 12.0. The van der Waals surface area contributed by atoms with E-state index < -0.39 is 10.0 Å². The third-order valence-electron chi connectivity index (χ3n) is 3.96. The Morgan fingerprint density at radius 2 is 1.96 bits per heavy atom. The third-order valence-corrected chi connectivity index (χ3v) is 5.75. The Kier molecular flexibility index (Phi) is 5.98. The first-order chi connectivity index (χ1) is 13.2. The molecular weight excluding hydrogens is 513 g/mol. The fourth-order valence-electron chi connectivity index (χ4n) is 2.69. The molecule has 28 heavy (non-hydrogen) atoms. The number of anilines is 1. The Labute approximate surface area is 180 Å². The van der Waals surface area contributed by atoms with Crippen LogP contribution in [0.1, 0.15) is 6.92 Å². The van der Waals surface area contributed by atoms with E-state index in [2.05, 4.69) is 38.1 Å². The summed E-state index contributed by atoms with van der Waals surface area (Å²) in [6.45, 7) is 2.51. The van der Waals surface area contributed by atoms with Crippen LogP contribution in [0.4, 0.5) is 11.4 Å². The lowest BCUT2D eigenvalue weighted by molar-refractivity contribution is 0.427. The van der Waals surface area contributed by atoms with E-state index in [4.69, 9.17) is 17.4 Å². The van der Waals surface area contributed by atoms with Crippen LogP contribution in [0.3, 0.4) is 0 Å². The summed E-state index contributed by atoms with van der Waals surface area (Å²) in [6.07, 6.45) is 0. The van der Waals surface area contributed by atoms with Gasteiger partial charge in [0.2, 0.25) is 21.0 Å². The lowest BCUT2D eigenvalue weighted by Crippen LogP contribution is -2.12. The number of benzene rings is 2. The highest BCUT2D eigenvalue weighted by Crippen LogP contribution is 2.39. The summed E-state index contributed by atoms with van der Waals surface area (Å²) >= 11 is 7.35. The number of aryl methyl sites for hydroxylation is 1. The molecule has 4 N–H and O–H groups in total. The number of hydrogen-bond donors (Lipinski definition) is 3. The van der Waals surface area contributed by atoms with E-state index in [1.54, 1.807) is 4.57 Å². The van der Waals surface area contributed by atoms with Crippen molar-refractivity contribution in [3.05, 3.63) is 46.0 Å². The number of nitrogens with two attached hydrogens (primary N) is 1. The van der Waals surface area contributed by atoms with Crippen LogP contribution in [-0.2, 0) is 16.6 Å². The Bertz CT molecular complexity index is 1190. The number of halogens is 1. The highest BCUT2D eigenvalue weighted by Gasteiger charge is 2.16. The molecule has 0 aliphatic carbocycles. The first kappa shape index (κ1) is 20.6. The van der Waals surface area contributed by atoms with Crippen molar-refractivity contribution in [2.24, 2.45) is 15.4 Å². The summed E-state index contributed by atoms with van der Waals surface area (Å²) in [5.41, 5.74) is 1.72. The fraction of sp³-hybridized carbons (Fsp3) is 0.118. The van der Waals surface area contributed by atoms with Gasteiger partial charge in [0, 0.05) is 21.2 Å². The number of primary sulfonamides is 1. The van der Waals surface area contributed by atoms with Crippen molar-refractivity contribution in [1.82, 2.24) is 4.57 Å². The average Bonchev–Trinajstić information content (AvgIpc) is 2.89. The molecule has 0 bridgehead atoms. The maximum atomic E-state index is 11.3. The van der Waals surface area contributed by atoms with E-state index >= 15 is 0 Å². The standard InChI is InChI=1S/C17H16IN5O3S2/c1-2-23-14-8-3-10(18)9-13(14)15(16(23)24)21-22-17(27)20-11-4-6-12(7-5-11)28(19,25)26/h3-9,24H,2H2,1H3,(H,20,27)(H2,19,25,26). The molecule has 3 aromatic rings. The SMILES string of the molecule is CCn1c(O)c(N=NC(=S)Nc2ccc(S(N)(=O)=O)cc2)c2cc(I)ccc21. The highest BCUT2D eigenvalue weighted by atomic mass is 127. The summed E-state index contributed by atoms with van der Waals surface area (Å²) in [5.74, 6) is 0.0172. The average molecular weight is 529 g/mol. The maximum Gasteiger partial charge on any atom is 0.238 e. The van der Waals surface area contributed by atoms with Gasteiger partial charge < -0.3 is 15.0 Å². The number of fused-ring (bicyclic) bond motifs is 1. The van der Waals surface area contributed by atoms with Crippen LogP contribution in [0.15, 0.2) is 57.6 Å². The van der Waals surface area contributed by atoms with Gasteiger partial charge in [-0.05, 0) is 84.2 Å². The molecule has 0 fully saturated rings. The molecule has 0 aliphatic rings. The lowest BCUT2D eigenvalue weighted by Gasteiger charge is -2.04. The number of azo groups is 1. The number of aromatic nitrogens is 1. The summed E-state index contributed by atoms with van der Waals surface area (Å²) in [5, 5.41) is 27.3. The van der Waals surface area contributed by atoms with E-state index in [9.17, 15) is 13.5 Å². The van der Waals surface area contributed by atoms with Gasteiger partial charge in [0.15, 0.2) is 5.69 Å². The topological polar surface area (TPSA) is 122 Å². The second kappa shape index (κ2) is 8.11. The fourth-order valence-corrected chi connectivity index (χ4v) is 3.85. The van der Waals surface area contributed by atoms with E-state index in [-0.39, 0.29) is 15.9 Å². The molecule has 2 aromatic carbocycles. The summed E-state index contributed by atoms with van der Waals surface area (Å²) in [7, 11) is -3.76. The molecule has 0 amide bonds. The first-order valence-electron chi connectivity index (χ1n) is 8.07. The molecular formula is C17H16IN5O3S2. The first-order valence-corrected chi connectivity index (χ1v) is 11.1. The lowest BCUT2D eigenvalue weighted by atomic mass is 10.2.